The fourth-order valence-electron chi connectivity index (χ4n) is 1.36. The summed E-state index contributed by atoms with van der Waals surface area (Å²) in [6.45, 7) is 0.308. The molecular weight excluding hydrogens is 333 g/mol. The van der Waals surface area contributed by atoms with Crippen LogP contribution in [-0.4, -0.2) is 22.1 Å². The van der Waals surface area contributed by atoms with Gasteiger partial charge in [0, 0.05) is 13.3 Å². The van der Waals surface area contributed by atoms with Gasteiger partial charge in [-0.2, -0.15) is 0 Å². The topological polar surface area (TPSA) is 67.9 Å². The molecule has 2 rings (SSSR count). The fraction of sp³-hybridized carbons (Fsp3) is 0.182. The molecule has 2 heterocycles. The van der Waals surface area contributed by atoms with Crippen LogP contribution in [0.15, 0.2) is 29.2 Å². The summed E-state index contributed by atoms with van der Waals surface area (Å²) >= 11 is 1.96. The van der Waals surface area contributed by atoms with Crippen molar-refractivity contribution in [3.05, 3.63) is 44.0 Å². The molecule has 0 aromatic carbocycles. The van der Waals surface area contributed by atoms with E-state index in [0.717, 1.165) is 0 Å². The Balaban J connectivity index is 2.53. The molecule has 0 aliphatic carbocycles. The predicted octanol–water partition coefficient (Wildman–Crippen LogP) is 1.58. The molecule has 0 atom stereocenters. The third kappa shape index (κ3) is 2.70. The van der Waals surface area contributed by atoms with E-state index in [1.54, 1.807) is 19.4 Å². The number of aromatic amines is 1. The van der Waals surface area contributed by atoms with Crippen molar-refractivity contribution in [2.45, 2.75) is 6.61 Å². The van der Waals surface area contributed by atoms with Gasteiger partial charge in [0.25, 0.3) is 5.56 Å². The van der Waals surface area contributed by atoms with Crippen molar-refractivity contribution in [1.82, 2.24) is 15.0 Å². The van der Waals surface area contributed by atoms with Crippen LogP contribution < -0.4 is 5.56 Å². The summed E-state index contributed by atoms with van der Waals surface area (Å²) in [6.07, 6.45) is 1.66. The van der Waals surface area contributed by atoms with E-state index in [4.69, 9.17) is 4.74 Å². The SMILES string of the molecule is COCc1nc(-c2ccccn2)[nH]c(=O)c1I. The van der Waals surface area contributed by atoms with E-state index in [0.29, 0.717) is 27.4 Å². The lowest BCUT2D eigenvalue weighted by Gasteiger charge is -2.05. The maximum Gasteiger partial charge on any atom is 0.265 e. The van der Waals surface area contributed by atoms with Gasteiger partial charge in [-0.1, -0.05) is 6.07 Å². The lowest BCUT2D eigenvalue weighted by Crippen LogP contribution is -2.17. The number of rotatable bonds is 3. The third-order valence-electron chi connectivity index (χ3n) is 2.12. The van der Waals surface area contributed by atoms with Gasteiger partial charge >= 0.3 is 0 Å². The Kier molecular flexibility index (Phi) is 3.85. The number of hydrogen-bond donors (Lipinski definition) is 1. The first-order chi connectivity index (χ1) is 8.22. The van der Waals surface area contributed by atoms with Gasteiger partial charge in [-0.3, -0.25) is 9.78 Å². The summed E-state index contributed by atoms with van der Waals surface area (Å²) in [7, 11) is 1.57. The van der Waals surface area contributed by atoms with Crippen molar-refractivity contribution in [2.24, 2.45) is 0 Å². The van der Waals surface area contributed by atoms with Gasteiger partial charge in [0.15, 0.2) is 5.82 Å². The third-order valence-corrected chi connectivity index (χ3v) is 3.23. The van der Waals surface area contributed by atoms with Crippen LogP contribution in [0.1, 0.15) is 5.69 Å². The summed E-state index contributed by atoms with van der Waals surface area (Å²) in [5.41, 5.74) is 1.09. The lowest BCUT2D eigenvalue weighted by molar-refractivity contribution is 0.180. The Morgan fingerprint density at radius 2 is 2.29 bits per heavy atom. The Bertz CT molecular complexity index is 569. The van der Waals surface area contributed by atoms with E-state index < -0.39 is 0 Å². The summed E-state index contributed by atoms with van der Waals surface area (Å²) in [4.78, 5) is 22.9. The highest BCUT2D eigenvalue weighted by atomic mass is 127. The molecule has 0 saturated heterocycles. The van der Waals surface area contributed by atoms with Crippen molar-refractivity contribution in [3.8, 4) is 11.5 Å². The van der Waals surface area contributed by atoms with E-state index in [2.05, 4.69) is 15.0 Å². The minimum Gasteiger partial charge on any atom is -0.378 e. The number of ether oxygens (including phenoxy) is 1. The smallest absolute Gasteiger partial charge is 0.265 e. The molecule has 17 heavy (non-hydrogen) atoms. The van der Waals surface area contributed by atoms with Crippen molar-refractivity contribution < 1.29 is 4.74 Å². The standard InChI is InChI=1S/C11H10IN3O2/c1-17-6-8-9(12)11(16)15-10(14-8)7-4-2-3-5-13-7/h2-5H,6H2,1H3,(H,14,15,16). The molecule has 6 heteroatoms. The average Bonchev–Trinajstić information content (AvgIpc) is 2.36. The molecule has 5 nitrogen and oxygen atoms in total. The molecule has 0 bridgehead atoms. The number of halogens is 1. The van der Waals surface area contributed by atoms with Gasteiger partial charge in [-0.25, -0.2) is 4.98 Å². The van der Waals surface area contributed by atoms with E-state index in [9.17, 15) is 4.79 Å². The molecule has 0 unspecified atom stereocenters. The van der Waals surface area contributed by atoms with Gasteiger partial charge in [0.05, 0.1) is 12.3 Å². The predicted molar refractivity (Wildman–Crippen MR) is 71.5 cm³/mol. The first-order valence-corrected chi connectivity index (χ1v) is 5.99. The van der Waals surface area contributed by atoms with Crippen LogP contribution in [0.4, 0.5) is 0 Å². The minimum absolute atomic E-state index is 0.173. The molecule has 88 valence electrons. The van der Waals surface area contributed by atoms with Gasteiger partial charge < -0.3 is 9.72 Å². The first-order valence-electron chi connectivity index (χ1n) is 4.91. The second-order valence-electron chi connectivity index (χ2n) is 3.32. The van der Waals surface area contributed by atoms with Crippen LogP contribution in [-0.2, 0) is 11.3 Å². The van der Waals surface area contributed by atoms with E-state index in [1.807, 2.05) is 34.7 Å². The zero-order chi connectivity index (χ0) is 12.3. The highest BCUT2D eigenvalue weighted by Gasteiger charge is 2.10. The number of aromatic nitrogens is 3. The largest absolute Gasteiger partial charge is 0.378 e. The van der Waals surface area contributed by atoms with Crippen LogP contribution in [0, 0.1) is 3.57 Å². The number of nitrogens with one attached hydrogen (secondary N) is 1. The highest BCUT2D eigenvalue weighted by molar-refractivity contribution is 14.1. The maximum absolute atomic E-state index is 11.7. The Labute approximate surface area is 111 Å². The molecule has 0 saturated carbocycles. The first kappa shape index (κ1) is 12.2. The monoisotopic (exact) mass is 343 g/mol. The Morgan fingerprint density at radius 3 is 2.94 bits per heavy atom. The lowest BCUT2D eigenvalue weighted by atomic mass is 10.3. The van der Waals surface area contributed by atoms with E-state index in [1.165, 1.54) is 0 Å². The Hall–Kier alpha value is -1.28. The molecular formula is C11H10IN3O2. The minimum atomic E-state index is -0.173. The molecule has 0 spiro atoms. The second-order valence-corrected chi connectivity index (χ2v) is 4.40. The normalized spacial score (nSPS) is 10.5. The van der Waals surface area contributed by atoms with E-state index >= 15 is 0 Å². The van der Waals surface area contributed by atoms with Gasteiger partial charge in [-0.15, -0.1) is 0 Å². The van der Waals surface area contributed by atoms with Crippen LogP contribution >= 0.6 is 22.6 Å². The van der Waals surface area contributed by atoms with Crippen molar-refractivity contribution in [2.75, 3.05) is 7.11 Å². The van der Waals surface area contributed by atoms with Crippen LogP contribution in [0.25, 0.3) is 11.5 Å². The molecule has 2 aromatic heterocycles. The summed E-state index contributed by atoms with van der Waals surface area (Å²) in [6, 6.07) is 5.45. The molecule has 1 N–H and O–H groups in total. The zero-order valence-electron chi connectivity index (χ0n) is 9.11. The number of H-pyrrole nitrogens is 1. The summed E-state index contributed by atoms with van der Waals surface area (Å²) in [5.74, 6) is 0.461. The summed E-state index contributed by atoms with van der Waals surface area (Å²) in [5, 5.41) is 0. The Morgan fingerprint density at radius 1 is 1.47 bits per heavy atom. The highest BCUT2D eigenvalue weighted by Crippen LogP contribution is 2.12. The van der Waals surface area contributed by atoms with Gasteiger partial charge in [0.1, 0.15) is 9.26 Å². The van der Waals surface area contributed by atoms with Crippen molar-refractivity contribution in [3.63, 3.8) is 0 Å². The molecule has 0 radical (unpaired) electrons. The molecule has 0 fully saturated rings. The van der Waals surface area contributed by atoms with E-state index in [-0.39, 0.29) is 5.56 Å². The number of pyridine rings is 1. The van der Waals surface area contributed by atoms with Crippen LogP contribution in [0.3, 0.4) is 0 Å². The average molecular weight is 343 g/mol. The van der Waals surface area contributed by atoms with Gasteiger partial charge in [0.2, 0.25) is 0 Å². The molecule has 0 aliphatic rings. The van der Waals surface area contributed by atoms with Gasteiger partial charge in [-0.05, 0) is 34.7 Å². The maximum atomic E-state index is 11.7. The van der Waals surface area contributed by atoms with Crippen molar-refractivity contribution in [1.29, 1.82) is 0 Å². The second kappa shape index (κ2) is 5.37. The number of hydrogen-bond acceptors (Lipinski definition) is 4. The molecule has 0 amide bonds. The van der Waals surface area contributed by atoms with Crippen molar-refractivity contribution >= 4 is 22.6 Å². The molecule has 2 aromatic rings. The number of methoxy groups -OCH3 is 1. The fourth-order valence-corrected chi connectivity index (χ4v) is 1.77. The zero-order valence-corrected chi connectivity index (χ0v) is 11.3. The summed E-state index contributed by atoms with van der Waals surface area (Å²) < 4.78 is 5.56. The quantitative estimate of drug-likeness (QED) is 0.860. The number of nitrogens with zero attached hydrogens (tertiary/aromatic N) is 2. The van der Waals surface area contributed by atoms with Crippen LogP contribution in [0.2, 0.25) is 0 Å². The van der Waals surface area contributed by atoms with Crippen LogP contribution in [0.5, 0.6) is 0 Å². The molecule has 0 aliphatic heterocycles.